The van der Waals surface area contributed by atoms with Gasteiger partial charge in [-0.1, -0.05) is 23.7 Å². The predicted molar refractivity (Wildman–Crippen MR) is 90.4 cm³/mol. The molecule has 26 heavy (non-hydrogen) atoms. The molecule has 0 aliphatic rings. The number of phenols is 1. The molecule has 0 aromatic heterocycles. The zero-order chi connectivity index (χ0) is 19.3. The van der Waals surface area contributed by atoms with Crippen molar-refractivity contribution < 1.29 is 32.5 Å². The normalized spacial score (nSPS) is 11.7. The molecule has 2 aromatic carbocycles. The van der Waals surface area contributed by atoms with Crippen molar-refractivity contribution in [2.45, 2.75) is 6.18 Å². The third-order valence-corrected chi connectivity index (χ3v) is 3.64. The second-order valence-corrected chi connectivity index (χ2v) is 5.54. The van der Waals surface area contributed by atoms with E-state index in [1.807, 2.05) is 0 Å². The van der Waals surface area contributed by atoms with Crippen LogP contribution < -0.4 is 4.74 Å². The van der Waals surface area contributed by atoms with E-state index < -0.39 is 17.5 Å². The third kappa shape index (κ3) is 4.77. The summed E-state index contributed by atoms with van der Waals surface area (Å²) in [5.41, 5.74) is -0.676. The lowest BCUT2D eigenvalue weighted by Crippen LogP contribution is -2.07. The Labute approximate surface area is 152 Å². The van der Waals surface area contributed by atoms with Gasteiger partial charge in [-0.3, -0.25) is 4.79 Å². The molecule has 4 nitrogen and oxygen atoms in total. The van der Waals surface area contributed by atoms with Gasteiger partial charge in [0.2, 0.25) is 0 Å². The molecular weight excluding hydrogens is 373 g/mol. The van der Waals surface area contributed by atoms with Crippen LogP contribution in [-0.4, -0.2) is 24.8 Å². The molecule has 0 radical (unpaired) electrons. The monoisotopic (exact) mass is 386 g/mol. The zero-order valence-electron chi connectivity index (χ0n) is 13.5. The van der Waals surface area contributed by atoms with Crippen molar-refractivity contribution in [2.75, 3.05) is 13.9 Å². The average molecular weight is 387 g/mol. The van der Waals surface area contributed by atoms with Crippen LogP contribution in [0, 0.1) is 0 Å². The van der Waals surface area contributed by atoms with Crippen molar-refractivity contribution in [2.24, 2.45) is 0 Å². The molecule has 0 fully saturated rings. The smallest absolute Gasteiger partial charge is 0.416 e. The first-order chi connectivity index (χ1) is 12.2. The number of methoxy groups -OCH3 is 1. The minimum absolute atomic E-state index is 0.0166. The first kappa shape index (κ1) is 19.8. The maximum absolute atomic E-state index is 12.8. The van der Waals surface area contributed by atoms with Gasteiger partial charge in [-0.15, -0.1) is 0 Å². The molecule has 0 heterocycles. The van der Waals surface area contributed by atoms with Crippen molar-refractivity contribution in [1.29, 1.82) is 0 Å². The molecule has 0 saturated heterocycles. The van der Waals surface area contributed by atoms with Crippen LogP contribution in [0.3, 0.4) is 0 Å². The molecule has 0 bridgehead atoms. The molecule has 8 heteroatoms. The summed E-state index contributed by atoms with van der Waals surface area (Å²) < 4.78 is 48.4. The minimum Gasteiger partial charge on any atom is -0.506 e. The molecule has 2 aromatic rings. The quantitative estimate of drug-likeness (QED) is 0.434. The van der Waals surface area contributed by atoms with E-state index in [9.17, 15) is 23.1 Å². The molecule has 0 atom stereocenters. The van der Waals surface area contributed by atoms with Gasteiger partial charge in [0.1, 0.15) is 11.5 Å². The lowest BCUT2D eigenvalue weighted by molar-refractivity contribution is -0.137. The van der Waals surface area contributed by atoms with E-state index in [4.69, 9.17) is 21.1 Å². The number of para-hydroxylation sites is 1. The van der Waals surface area contributed by atoms with Crippen LogP contribution in [0.2, 0.25) is 5.02 Å². The highest BCUT2D eigenvalue weighted by molar-refractivity contribution is 6.32. The van der Waals surface area contributed by atoms with Crippen LogP contribution in [0.15, 0.2) is 42.5 Å². The number of aromatic hydroxyl groups is 1. The summed E-state index contributed by atoms with van der Waals surface area (Å²) in [6, 6.07) is 7.16. The highest BCUT2D eigenvalue weighted by Gasteiger charge is 2.31. The number of hydrogen-bond donors (Lipinski definition) is 1. The van der Waals surface area contributed by atoms with Crippen LogP contribution >= 0.6 is 11.6 Å². The summed E-state index contributed by atoms with van der Waals surface area (Å²) in [6.45, 7) is -0.259. The Kier molecular flexibility index (Phi) is 6.28. The standard InChI is InChI=1S/C18H14ClF3O4/c1-25-10-26-16-9-12(18(20,21)22)7-5-11(16)6-8-15(23)13-3-2-4-14(19)17(13)24/h2-9,24H,10H2,1H3/b8-6+. The summed E-state index contributed by atoms with van der Waals surface area (Å²) >= 11 is 5.75. The second kappa shape index (κ2) is 8.25. The van der Waals surface area contributed by atoms with Crippen LogP contribution in [0.5, 0.6) is 11.5 Å². The maximum atomic E-state index is 12.8. The van der Waals surface area contributed by atoms with Crippen molar-refractivity contribution in [3.05, 3.63) is 64.2 Å². The summed E-state index contributed by atoms with van der Waals surface area (Å²) in [7, 11) is 1.33. The van der Waals surface area contributed by atoms with Crippen molar-refractivity contribution in [1.82, 2.24) is 0 Å². The lowest BCUT2D eigenvalue weighted by Gasteiger charge is -2.12. The van der Waals surface area contributed by atoms with Gasteiger partial charge in [-0.25, -0.2) is 0 Å². The van der Waals surface area contributed by atoms with Crippen molar-refractivity contribution in [3.63, 3.8) is 0 Å². The molecule has 0 amide bonds. The van der Waals surface area contributed by atoms with E-state index in [1.165, 1.54) is 37.5 Å². The fourth-order valence-corrected chi connectivity index (χ4v) is 2.24. The molecule has 2 rings (SSSR count). The van der Waals surface area contributed by atoms with Gasteiger partial charge in [-0.2, -0.15) is 13.2 Å². The molecule has 0 unspecified atom stereocenters. The van der Waals surface area contributed by atoms with Gasteiger partial charge < -0.3 is 14.6 Å². The number of ketones is 1. The number of phenolic OH excluding ortho intramolecular Hbond substituents is 1. The predicted octanol–water partition coefficient (Wildman–Crippen LogP) is 4.94. The molecule has 0 spiro atoms. The van der Waals surface area contributed by atoms with E-state index in [1.54, 1.807) is 0 Å². The van der Waals surface area contributed by atoms with Crippen LogP contribution in [0.1, 0.15) is 21.5 Å². The number of carbonyl (C=O) groups excluding carboxylic acids is 1. The van der Waals surface area contributed by atoms with Gasteiger partial charge >= 0.3 is 6.18 Å². The second-order valence-electron chi connectivity index (χ2n) is 5.13. The van der Waals surface area contributed by atoms with Crippen LogP contribution in [0.25, 0.3) is 6.08 Å². The van der Waals surface area contributed by atoms with E-state index in [0.29, 0.717) is 0 Å². The van der Waals surface area contributed by atoms with Gasteiger partial charge in [0.25, 0.3) is 0 Å². The Bertz CT molecular complexity index is 832. The number of alkyl halides is 3. The Hall–Kier alpha value is -2.51. The highest BCUT2D eigenvalue weighted by Crippen LogP contribution is 2.34. The molecule has 0 saturated carbocycles. The molecular formula is C18H14ClF3O4. The number of carbonyl (C=O) groups is 1. The SMILES string of the molecule is COCOc1cc(C(F)(F)F)ccc1/C=C/C(=O)c1cccc(Cl)c1O. The number of halogens is 4. The lowest BCUT2D eigenvalue weighted by atomic mass is 10.1. The van der Waals surface area contributed by atoms with Gasteiger partial charge in [0, 0.05) is 12.7 Å². The Morgan fingerprint density at radius 2 is 2.00 bits per heavy atom. The fourth-order valence-electron chi connectivity index (χ4n) is 2.07. The summed E-state index contributed by atoms with van der Waals surface area (Å²) in [4.78, 5) is 12.2. The van der Waals surface area contributed by atoms with E-state index in [-0.39, 0.29) is 34.4 Å². The Balaban J connectivity index is 2.33. The first-order valence-electron chi connectivity index (χ1n) is 7.27. The number of rotatable bonds is 6. The summed E-state index contributed by atoms with van der Waals surface area (Å²) in [6.07, 6.45) is -2.14. The topological polar surface area (TPSA) is 55.8 Å². The van der Waals surface area contributed by atoms with Crippen LogP contribution in [0.4, 0.5) is 13.2 Å². The average Bonchev–Trinajstić information content (AvgIpc) is 2.59. The number of benzene rings is 2. The van der Waals surface area contributed by atoms with Crippen LogP contribution in [-0.2, 0) is 10.9 Å². The Morgan fingerprint density at radius 3 is 2.65 bits per heavy atom. The van der Waals surface area contributed by atoms with E-state index in [2.05, 4.69) is 0 Å². The highest BCUT2D eigenvalue weighted by atomic mass is 35.5. The maximum Gasteiger partial charge on any atom is 0.416 e. The zero-order valence-corrected chi connectivity index (χ0v) is 14.3. The van der Waals surface area contributed by atoms with E-state index in [0.717, 1.165) is 18.2 Å². The molecule has 138 valence electrons. The van der Waals surface area contributed by atoms with Gasteiger partial charge in [0.15, 0.2) is 12.6 Å². The van der Waals surface area contributed by atoms with E-state index >= 15 is 0 Å². The summed E-state index contributed by atoms with van der Waals surface area (Å²) in [5, 5.41) is 9.83. The fraction of sp³-hybridized carbons (Fsp3) is 0.167. The Morgan fingerprint density at radius 1 is 1.27 bits per heavy atom. The minimum atomic E-state index is -4.53. The number of ether oxygens (including phenoxy) is 2. The van der Waals surface area contributed by atoms with Crippen molar-refractivity contribution >= 4 is 23.5 Å². The van der Waals surface area contributed by atoms with Gasteiger partial charge in [-0.05, 0) is 36.4 Å². The largest absolute Gasteiger partial charge is 0.506 e. The number of hydrogen-bond acceptors (Lipinski definition) is 4. The molecule has 0 aliphatic carbocycles. The summed E-state index contributed by atoms with van der Waals surface area (Å²) in [5.74, 6) is -1.03. The van der Waals surface area contributed by atoms with Crippen molar-refractivity contribution in [3.8, 4) is 11.5 Å². The van der Waals surface area contributed by atoms with Gasteiger partial charge in [0.05, 0.1) is 16.1 Å². The first-order valence-corrected chi connectivity index (χ1v) is 7.64. The molecule has 0 aliphatic heterocycles. The number of allylic oxidation sites excluding steroid dienone is 1. The molecule has 1 N–H and O–H groups in total. The third-order valence-electron chi connectivity index (χ3n) is 3.34.